The van der Waals surface area contributed by atoms with E-state index in [9.17, 15) is 13.2 Å². The molecule has 1 aromatic carbocycles. The van der Waals surface area contributed by atoms with Crippen molar-refractivity contribution in [1.29, 1.82) is 0 Å². The Morgan fingerprint density at radius 3 is 2.60 bits per heavy atom. The SMILES string of the molecule is CCCCS(=O)(=O)CCC(=O)Nc1ccccc1CN. The molecule has 0 spiro atoms. The van der Waals surface area contributed by atoms with Gasteiger partial charge in [0.15, 0.2) is 9.84 Å². The average molecular weight is 298 g/mol. The number of rotatable bonds is 8. The van der Waals surface area contributed by atoms with Crippen LogP contribution in [-0.2, 0) is 21.2 Å². The minimum absolute atomic E-state index is 0.0229. The lowest BCUT2D eigenvalue weighted by Crippen LogP contribution is -2.20. The lowest BCUT2D eigenvalue weighted by atomic mass is 10.2. The van der Waals surface area contributed by atoms with Crippen LogP contribution in [0.4, 0.5) is 5.69 Å². The van der Waals surface area contributed by atoms with Crippen LogP contribution in [0.1, 0.15) is 31.7 Å². The van der Waals surface area contributed by atoms with E-state index in [-0.39, 0.29) is 23.8 Å². The molecule has 1 aromatic rings. The van der Waals surface area contributed by atoms with Gasteiger partial charge in [-0.15, -0.1) is 0 Å². The Kier molecular flexibility index (Phi) is 6.67. The first-order valence-electron chi connectivity index (χ1n) is 6.76. The maximum atomic E-state index is 11.8. The molecule has 0 aliphatic heterocycles. The molecule has 6 heteroatoms. The Morgan fingerprint density at radius 1 is 1.25 bits per heavy atom. The number of unbranched alkanes of at least 4 members (excludes halogenated alkanes) is 1. The Labute approximate surface area is 120 Å². The molecular weight excluding hydrogens is 276 g/mol. The Bertz CT molecular complexity index is 541. The van der Waals surface area contributed by atoms with Gasteiger partial charge in [-0.05, 0) is 18.1 Å². The highest BCUT2D eigenvalue weighted by Gasteiger charge is 2.13. The van der Waals surface area contributed by atoms with E-state index in [0.29, 0.717) is 18.7 Å². The number of para-hydroxylation sites is 1. The van der Waals surface area contributed by atoms with Crippen molar-refractivity contribution in [2.24, 2.45) is 5.73 Å². The zero-order chi connectivity index (χ0) is 15.0. The lowest BCUT2D eigenvalue weighted by Gasteiger charge is -2.09. The van der Waals surface area contributed by atoms with Gasteiger partial charge in [-0.3, -0.25) is 4.79 Å². The van der Waals surface area contributed by atoms with Gasteiger partial charge in [0.25, 0.3) is 0 Å². The second-order valence-corrected chi connectivity index (χ2v) is 6.97. The third-order valence-electron chi connectivity index (χ3n) is 2.96. The largest absolute Gasteiger partial charge is 0.326 e. The molecule has 5 nitrogen and oxygen atoms in total. The highest BCUT2D eigenvalue weighted by atomic mass is 32.2. The van der Waals surface area contributed by atoms with E-state index in [1.54, 1.807) is 12.1 Å². The summed E-state index contributed by atoms with van der Waals surface area (Å²) in [6.07, 6.45) is 1.44. The first-order valence-corrected chi connectivity index (χ1v) is 8.59. The fourth-order valence-electron chi connectivity index (χ4n) is 1.75. The van der Waals surface area contributed by atoms with Crippen LogP contribution < -0.4 is 11.1 Å². The third-order valence-corrected chi connectivity index (χ3v) is 4.70. The molecule has 0 unspecified atom stereocenters. The normalized spacial score (nSPS) is 11.3. The number of sulfone groups is 1. The molecule has 0 aliphatic rings. The number of benzene rings is 1. The quantitative estimate of drug-likeness (QED) is 0.764. The third kappa shape index (κ3) is 5.71. The summed E-state index contributed by atoms with van der Waals surface area (Å²) in [6, 6.07) is 7.22. The monoisotopic (exact) mass is 298 g/mol. The highest BCUT2D eigenvalue weighted by molar-refractivity contribution is 7.91. The van der Waals surface area contributed by atoms with Crippen molar-refractivity contribution in [3.63, 3.8) is 0 Å². The van der Waals surface area contributed by atoms with E-state index in [0.717, 1.165) is 12.0 Å². The summed E-state index contributed by atoms with van der Waals surface area (Å²) in [5.74, 6) is -0.259. The van der Waals surface area contributed by atoms with Gasteiger partial charge in [0.1, 0.15) is 0 Å². The molecule has 0 atom stereocenters. The topological polar surface area (TPSA) is 89.3 Å². The minimum Gasteiger partial charge on any atom is -0.326 e. The van der Waals surface area contributed by atoms with Crippen molar-refractivity contribution in [2.45, 2.75) is 32.7 Å². The summed E-state index contributed by atoms with van der Waals surface area (Å²) < 4.78 is 23.3. The second kappa shape index (κ2) is 8.01. The number of anilines is 1. The van der Waals surface area contributed by atoms with Crippen LogP contribution in [0.2, 0.25) is 0 Å². The van der Waals surface area contributed by atoms with Crippen molar-refractivity contribution < 1.29 is 13.2 Å². The van der Waals surface area contributed by atoms with Crippen molar-refractivity contribution in [3.8, 4) is 0 Å². The number of carbonyl (C=O) groups excluding carboxylic acids is 1. The summed E-state index contributed by atoms with van der Waals surface area (Å²) in [7, 11) is -3.13. The molecule has 0 bridgehead atoms. The van der Waals surface area contributed by atoms with Gasteiger partial charge in [-0.1, -0.05) is 31.5 Å². The number of amides is 1. The standard InChI is InChI=1S/C14H22N2O3S/c1-2-3-9-20(18,19)10-8-14(17)16-13-7-5-4-6-12(13)11-15/h4-7H,2-3,8-11,15H2,1H3,(H,16,17). The van der Waals surface area contributed by atoms with E-state index in [2.05, 4.69) is 5.32 Å². The van der Waals surface area contributed by atoms with Gasteiger partial charge in [-0.25, -0.2) is 8.42 Å². The lowest BCUT2D eigenvalue weighted by molar-refractivity contribution is -0.115. The van der Waals surface area contributed by atoms with Gasteiger partial charge >= 0.3 is 0 Å². The van der Waals surface area contributed by atoms with Crippen LogP contribution >= 0.6 is 0 Å². The van der Waals surface area contributed by atoms with E-state index >= 15 is 0 Å². The predicted octanol–water partition coefficient (Wildman–Crippen LogP) is 1.69. The van der Waals surface area contributed by atoms with Crippen molar-refractivity contribution in [3.05, 3.63) is 29.8 Å². The van der Waals surface area contributed by atoms with E-state index in [1.807, 2.05) is 19.1 Å². The minimum atomic E-state index is -3.13. The molecule has 1 amide bonds. The number of nitrogens with one attached hydrogen (secondary N) is 1. The molecule has 0 heterocycles. The van der Waals surface area contributed by atoms with Gasteiger partial charge < -0.3 is 11.1 Å². The maximum Gasteiger partial charge on any atom is 0.225 e. The molecule has 20 heavy (non-hydrogen) atoms. The average Bonchev–Trinajstić information content (AvgIpc) is 2.44. The first kappa shape index (κ1) is 16.7. The van der Waals surface area contributed by atoms with Gasteiger partial charge in [0.05, 0.1) is 11.5 Å². The van der Waals surface area contributed by atoms with Gasteiger partial charge in [-0.2, -0.15) is 0 Å². The zero-order valence-electron chi connectivity index (χ0n) is 11.8. The van der Waals surface area contributed by atoms with Crippen LogP contribution in [0.3, 0.4) is 0 Å². The smallest absolute Gasteiger partial charge is 0.225 e. The molecule has 3 N–H and O–H groups in total. The molecular formula is C14H22N2O3S. The Balaban J connectivity index is 2.52. The molecule has 0 aliphatic carbocycles. The Morgan fingerprint density at radius 2 is 1.95 bits per heavy atom. The van der Waals surface area contributed by atoms with Crippen LogP contribution in [0.5, 0.6) is 0 Å². The van der Waals surface area contributed by atoms with Crippen LogP contribution in [0, 0.1) is 0 Å². The molecule has 0 saturated heterocycles. The van der Waals surface area contributed by atoms with E-state index in [4.69, 9.17) is 5.73 Å². The predicted molar refractivity (Wildman–Crippen MR) is 81.1 cm³/mol. The van der Waals surface area contributed by atoms with Crippen molar-refractivity contribution >= 4 is 21.4 Å². The summed E-state index contributed by atoms with van der Waals surface area (Å²) in [6.45, 7) is 2.26. The Hall–Kier alpha value is -1.40. The fraction of sp³-hybridized carbons (Fsp3) is 0.500. The molecule has 0 saturated carbocycles. The summed E-state index contributed by atoms with van der Waals surface area (Å²) >= 11 is 0. The van der Waals surface area contributed by atoms with Crippen LogP contribution in [0.15, 0.2) is 24.3 Å². The number of nitrogens with two attached hydrogens (primary N) is 1. The number of hydrogen-bond donors (Lipinski definition) is 2. The zero-order valence-corrected chi connectivity index (χ0v) is 12.6. The number of hydrogen-bond acceptors (Lipinski definition) is 4. The molecule has 112 valence electrons. The molecule has 1 rings (SSSR count). The van der Waals surface area contributed by atoms with Crippen LogP contribution in [0.25, 0.3) is 0 Å². The van der Waals surface area contributed by atoms with Crippen molar-refractivity contribution in [1.82, 2.24) is 0 Å². The molecule has 0 aromatic heterocycles. The second-order valence-electron chi connectivity index (χ2n) is 4.66. The molecule has 0 fully saturated rings. The fourth-order valence-corrected chi connectivity index (χ4v) is 3.18. The van der Waals surface area contributed by atoms with Gasteiger partial charge in [0, 0.05) is 18.7 Å². The van der Waals surface area contributed by atoms with E-state index in [1.165, 1.54) is 0 Å². The van der Waals surface area contributed by atoms with Crippen molar-refractivity contribution in [2.75, 3.05) is 16.8 Å². The van der Waals surface area contributed by atoms with E-state index < -0.39 is 9.84 Å². The summed E-state index contributed by atoms with van der Waals surface area (Å²) in [5, 5.41) is 2.71. The maximum absolute atomic E-state index is 11.8. The summed E-state index contributed by atoms with van der Waals surface area (Å²) in [5.41, 5.74) is 7.05. The van der Waals surface area contributed by atoms with Gasteiger partial charge in [0.2, 0.25) is 5.91 Å². The number of carbonyl (C=O) groups is 1. The molecule has 0 radical (unpaired) electrons. The summed E-state index contributed by atoms with van der Waals surface area (Å²) in [4.78, 5) is 11.8. The first-order chi connectivity index (χ1) is 9.48. The van der Waals surface area contributed by atoms with Crippen LogP contribution in [-0.4, -0.2) is 25.8 Å². The highest BCUT2D eigenvalue weighted by Crippen LogP contribution is 2.14.